The summed E-state index contributed by atoms with van der Waals surface area (Å²) in [7, 11) is 0. The predicted octanol–water partition coefficient (Wildman–Crippen LogP) is 3.22. The number of nitrogens with one attached hydrogen (secondary N) is 2. The second-order valence-corrected chi connectivity index (χ2v) is 9.31. The van der Waals surface area contributed by atoms with E-state index in [0.717, 1.165) is 60.1 Å². The molecule has 8 heteroatoms. The average molecular weight is 414 g/mol. The number of hydrazone groups is 1. The van der Waals surface area contributed by atoms with E-state index in [4.69, 9.17) is 9.73 Å². The highest BCUT2D eigenvalue weighted by Crippen LogP contribution is 2.31. The highest BCUT2D eigenvalue weighted by atomic mass is 32.2. The summed E-state index contributed by atoms with van der Waals surface area (Å²) in [5, 5.41) is 6.74. The monoisotopic (exact) mass is 413 g/mol. The molecule has 2 aromatic rings. The Hall–Kier alpha value is -1.74. The van der Waals surface area contributed by atoms with Crippen LogP contribution in [0, 0.1) is 0 Å². The van der Waals surface area contributed by atoms with E-state index in [1.54, 1.807) is 23.5 Å². The zero-order valence-electron chi connectivity index (χ0n) is 15.7. The molecule has 3 aliphatic heterocycles. The first-order valence-electron chi connectivity index (χ1n) is 9.52. The smallest absolute Gasteiger partial charge is 0.141 e. The number of hydrogen-bond donors (Lipinski definition) is 2. The molecule has 2 atom stereocenters. The molecular weight excluding hydrogens is 390 g/mol. The number of nitrogens with zero attached hydrogens (tertiary/aromatic N) is 3. The van der Waals surface area contributed by atoms with E-state index >= 15 is 0 Å². The first-order valence-corrected chi connectivity index (χ1v) is 11.7. The van der Waals surface area contributed by atoms with Crippen molar-refractivity contribution in [3.05, 3.63) is 47.7 Å². The fourth-order valence-electron chi connectivity index (χ4n) is 3.79. The number of rotatable bonds is 4. The molecule has 0 radical (unpaired) electrons. The van der Waals surface area contributed by atoms with E-state index in [1.807, 2.05) is 0 Å². The van der Waals surface area contributed by atoms with Crippen molar-refractivity contribution in [1.29, 1.82) is 0 Å². The average Bonchev–Trinajstić information content (AvgIpc) is 3.41. The molecule has 0 bridgehead atoms. The Balaban J connectivity index is 1.46. The number of hydrogen-bond acceptors (Lipinski definition) is 7. The van der Waals surface area contributed by atoms with Crippen LogP contribution in [0.5, 0.6) is 0 Å². The van der Waals surface area contributed by atoms with Gasteiger partial charge in [0.05, 0.1) is 18.9 Å². The number of dihydropyridines is 1. The van der Waals surface area contributed by atoms with Crippen molar-refractivity contribution in [1.82, 2.24) is 15.3 Å². The summed E-state index contributed by atoms with van der Waals surface area (Å²) >= 11 is 3.53. The Kier molecular flexibility index (Phi) is 5.19. The summed E-state index contributed by atoms with van der Waals surface area (Å²) in [5.41, 5.74) is 7.65. The van der Waals surface area contributed by atoms with Gasteiger partial charge < -0.3 is 9.72 Å². The minimum absolute atomic E-state index is 0.207. The molecule has 0 aliphatic carbocycles. The van der Waals surface area contributed by atoms with Crippen LogP contribution in [-0.2, 0) is 4.74 Å². The highest BCUT2D eigenvalue weighted by molar-refractivity contribution is 8.25. The third-order valence-corrected chi connectivity index (χ3v) is 7.56. The van der Waals surface area contributed by atoms with Crippen LogP contribution in [0.15, 0.2) is 46.6 Å². The standard InChI is InChI=1S/C20H23N5OS2/c1-27-20-24-23-19(28-20)13-5-6-16-14(11-13)15(12-21-16)17-3-2-4-18(22-17)25-7-9-26-10-8-25/h2-3,5-6,11-12,18,20-21,24H,4,7-10H2,1H3. The van der Waals surface area contributed by atoms with Crippen LogP contribution < -0.4 is 5.43 Å². The van der Waals surface area contributed by atoms with Crippen molar-refractivity contribution in [3.63, 3.8) is 0 Å². The van der Waals surface area contributed by atoms with Gasteiger partial charge in [0.1, 0.15) is 15.9 Å². The lowest BCUT2D eigenvalue weighted by atomic mass is 10.0. The van der Waals surface area contributed by atoms with Gasteiger partial charge in [-0.25, -0.2) is 0 Å². The minimum Gasteiger partial charge on any atom is -0.379 e. The number of aromatic amines is 1. The first-order chi connectivity index (χ1) is 13.8. The molecule has 0 saturated carbocycles. The van der Waals surface area contributed by atoms with Crippen LogP contribution in [0.1, 0.15) is 17.5 Å². The van der Waals surface area contributed by atoms with Gasteiger partial charge in [-0.05, 0) is 24.5 Å². The zero-order chi connectivity index (χ0) is 18.9. The quantitative estimate of drug-likeness (QED) is 0.806. The largest absolute Gasteiger partial charge is 0.379 e. The maximum Gasteiger partial charge on any atom is 0.141 e. The van der Waals surface area contributed by atoms with Crippen LogP contribution in [0.25, 0.3) is 10.9 Å². The molecule has 0 amide bonds. The molecule has 5 rings (SSSR count). The van der Waals surface area contributed by atoms with E-state index in [2.05, 4.69) is 63.2 Å². The topological polar surface area (TPSA) is 65.0 Å². The number of H-pyrrole nitrogens is 1. The van der Waals surface area contributed by atoms with E-state index in [1.165, 1.54) is 5.39 Å². The number of aliphatic imine (C=N–C) groups is 1. The van der Waals surface area contributed by atoms with Crippen molar-refractivity contribution in [2.24, 2.45) is 10.1 Å². The third kappa shape index (κ3) is 3.50. The number of allylic oxidation sites excluding steroid dienone is 1. The molecule has 1 aromatic heterocycles. The Morgan fingerprint density at radius 3 is 3.00 bits per heavy atom. The molecule has 1 saturated heterocycles. The van der Waals surface area contributed by atoms with Crippen molar-refractivity contribution in [2.45, 2.75) is 17.3 Å². The van der Waals surface area contributed by atoms with Crippen molar-refractivity contribution in [3.8, 4) is 0 Å². The summed E-state index contributed by atoms with van der Waals surface area (Å²) < 4.78 is 5.78. The van der Waals surface area contributed by atoms with Crippen molar-refractivity contribution >= 4 is 45.2 Å². The molecule has 3 aliphatic rings. The van der Waals surface area contributed by atoms with Gasteiger partial charge in [0.15, 0.2) is 0 Å². The van der Waals surface area contributed by atoms with E-state index < -0.39 is 0 Å². The van der Waals surface area contributed by atoms with Crippen LogP contribution in [0.3, 0.4) is 0 Å². The van der Waals surface area contributed by atoms with Crippen molar-refractivity contribution in [2.75, 3.05) is 32.6 Å². The maximum atomic E-state index is 5.49. The third-order valence-electron chi connectivity index (χ3n) is 5.29. The van der Waals surface area contributed by atoms with Gasteiger partial charge in [-0.15, -0.1) is 11.8 Å². The van der Waals surface area contributed by atoms with Crippen LogP contribution in [0.4, 0.5) is 0 Å². The van der Waals surface area contributed by atoms with Gasteiger partial charge >= 0.3 is 0 Å². The summed E-state index contributed by atoms with van der Waals surface area (Å²) in [6.07, 6.45) is 9.74. The van der Waals surface area contributed by atoms with Crippen LogP contribution in [-0.4, -0.2) is 64.1 Å². The van der Waals surface area contributed by atoms with Gasteiger partial charge in [-0.3, -0.25) is 15.3 Å². The Labute approximate surface area is 172 Å². The normalized spacial score (nSPS) is 25.6. The molecule has 4 heterocycles. The zero-order valence-corrected chi connectivity index (χ0v) is 17.4. The van der Waals surface area contributed by atoms with Crippen LogP contribution >= 0.6 is 23.5 Å². The summed E-state index contributed by atoms with van der Waals surface area (Å²) in [5.74, 6) is 0. The van der Waals surface area contributed by atoms with Gasteiger partial charge in [-0.2, -0.15) is 5.10 Å². The lowest BCUT2D eigenvalue weighted by molar-refractivity contribution is 0.0188. The molecule has 6 nitrogen and oxygen atoms in total. The summed E-state index contributed by atoms with van der Waals surface area (Å²) in [4.78, 5) is 10.9. The summed E-state index contributed by atoms with van der Waals surface area (Å²) in [6.45, 7) is 3.50. The molecule has 0 spiro atoms. The van der Waals surface area contributed by atoms with Gasteiger partial charge in [0.25, 0.3) is 0 Å². The second kappa shape index (κ2) is 7.94. The van der Waals surface area contributed by atoms with E-state index in [9.17, 15) is 0 Å². The number of aromatic nitrogens is 1. The predicted molar refractivity (Wildman–Crippen MR) is 119 cm³/mol. The number of morpholine rings is 1. The molecule has 146 valence electrons. The lowest BCUT2D eigenvalue weighted by Gasteiger charge is -2.33. The number of ether oxygens (including phenoxy) is 1. The lowest BCUT2D eigenvalue weighted by Crippen LogP contribution is -2.43. The molecule has 2 N–H and O–H groups in total. The van der Waals surface area contributed by atoms with E-state index in [0.29, 0.717) is 0 Å². The maximum absolute atomic E-state index is 5.49. The molecule has 2 unspecified atom stereocenters. The number of benzene rings is 1. The van der Waals surface area contributed by atoms with Gasteiger partial charge in [0.2, 0.25) is 0 Å². The van der Waals surface area contributed by atoms with E-state index in [-0.39, 0.29) is 10.9 Å². The number of fused-ring (bicyclic) bond motifs is 1. The minimum atomic E-state index is 0.207. The van der Waals surface area contributed by atoms with Crippen molar-refractivity contribution < 1.29 is 4.74 Å². The Morgan fingerprint density at radius 1 is 1.29 bits per heavy atom. The molecular formula is C20H23N5OS2. The van der Waals surface area contributed by atoms with Gasteiger partial charge in [-0.1, -0.05) is 23.9 Å². The second-order valence-electron chi connectivity index (χ2n) is 6.98. The van der Waals surface area contributed by atoms with Crippen LogP contribution in [0.2, 0.25) is 0 Å². The Bertz CT molecular complexity index is 961. The fourth-order valence-corrected chi connectivity index (χ4v) is 5.28. The molecule has 1 aromatic carbocycles. The molecule has 1 fully saturated rings. The SMILES string of the molecule is CSC1NN=C(c2ccc3[nH]cc(C4=NC(N5CCOCC5)CC=C4)c3c2)S1. The fraction of sp³-hybridized carbons (Fsp3) is 0.400. The first kappa shape index (κ1) is 18.3. The number of thioether (sulfide) groups is 2. The summed E-state index contributed by atoms with van der Waals surface area (Å²) in [6, 6.07) is 6.50. The Morgan fingerprint density at radius 2 is 2.18 bits per heavy atom. The highest BCUT2D eigenvalue weighted by Gasteiger charge is 2.23. The molecule has 28 heavy (non-hydrogen) atoms. The van der Waals surface area contributed by atoms with Gasteiger partial charge in [0, 0.05) is 47.7 Å².